The Labute approximate surface area is 65.3 Å². The van der Waals surface area contributed by atoms with Gasteiger partial charge in [-0.3, -0.25) is 5.73 Å². The van der Waals surface area contributed by atoms with Crippen LogP contribution < -0.4 is 5.73 Å². The number of nitrogens with zero attached hydrogens (tertiary/aromatic N) is 3. The summed E-state index contributed by atoms with van der Waals surface area (Å²) in [6.45, 7) is 5.85. The van der Waals surface area contributed by atoms with E-state index in [-0.39, 0.29) is 0 Å². The first-order valence-corrected chi connectivity index (χ1v) is 3.18. The van der Waals surface area contributed by atoms with Gasteiger partial charge >= 0.3 is 0 Å². The van der Waals surface area contributed by atoms with Crippen LogP contribution in [0.1, 0.15) is 0 Å². The third-order valence-corrected chi connectivity index (χ3v) is 1.27. The Morgan fingerprint density at radius 1 is 1.73 bits per heavy atom. The van der Waals surface area contributed by atoms with Crippen LogP contribution in [0.2, 0.25) is 0 Å². The van der Waals surface area contributed by atoms with Gasteiger partial charge in [0.15, 0.2) is 6.67 Å². The van der Waals surface area contributed by atoms with Crippen LogP contribution in [0.25, 0.3) is 0 Å². The molecule has 1 heterocycles. The van der Waals surface area contributed by atoms with Gasteiger partial charge in [0.2, 0.25) is 6.34 Å². The van der Waals surface area contributed by atoms with Crippen molar-refractivity contribution in [3.05, 3.63) is 31.5 Å². The van der Waals surface area contributed by atoms with Gasteiger partial charge in [0.25, 0.3) is 0 Å². The lowest BCUT2D eigenvalue weighted by molar-refractivity contribution is -0.488. The number of hydrogen-bond acceptors (Lipinski definition) is 1. The second kappa shape index (κ2) is 3.55. The van der Waals surface area contributed by atoms with Gasteiger partial charge in [0, 0.05) is 12.4 Å². The zero-order valence-corrected chi connectivity index (χ0v) is 6.09. The van der Waals surface area contributed by atoms with E-state index in [2.05, 4.69) is 4.98 Å². The molecule has 11 heavy (non-hydrogen) atoms. The van der Waals surface area contributed by atoms with Crippen molar-refractivity contribution in [2.24, 2.45) is 5.73 Å². The molecule has 57 valence electrons. The summed E-state index contributed by atoms with van der Waals surface area (Å²) in [4.78, 5) is 3.87. The molecule has 0 saturated carbocycles. The topological polar surface area (TPSA) is 46.9 Å². The zero-order valence-electron chi connectivity index (χ0n) is 6.09. The zero-order chi connectivity index (χ0) is 8.10. The fraction of sp³-hybridized carbons (Fsp3) is 0.143. The van der Waals surface area contributed by atoms with E-state index in [0.717, 1.165) is 0 Å². The predicted octanol–water partition coefficient (Wildman–Crippen LogP) is -0.213. The molecule has 0 aliphatic rings. The van der Waals surface area contributed by atoms with Crippen molar-refractivity contribution < 1.29 is 4.58 Å². The molecule has 1 aromatic heterocycles. The Bertz CT molecular complexity index is 247. The number of nitrogens with two attached hydrogens (primary N) is 1. The summed E-state index contributed by atoms with van der Waals surface area (Å²) in [5.74, 6) is 0. The van der Waals surface area contributed by atoms with Gasteiger partial charge in [-0.05, 0) is 6.58 Å². The minimum Gasteiger partial charge on any atom is -0.300 e. The lowest BCUT2D eigenvalue weighted by Crippen LogP contribution is -2.14. The van der Waals surface area contributed by atoms with Gasteiger partial charge in [-0.15, -0.1) is 0 Å². The molecule has 0 saturated heterocycles. The molecular formula is C7H10N4+. The molecule has 4 nitrogen and oxygen atoms in total. The van der Waals surface area contributed by atoms with Crippen LogP contribution in [0, 0.1) is 6.58 Å². The van der Waals surface area contributed by atoms with E-state index in [0.29, 0.717) is 6.67 Å². The molecule has 0 aliphatic carbocycles. The highest BCUT2D eigenvalue weighted by molar-refractivity contribution is 5.44. The summed E-state index contributed by atoms with van der Waals surface area (Å²) in [5, 5.41) is 0. The molecule has 0 aliphatic heterocycles. The van der Waals surface area contributed by atoms with Crippen LogP contribution >= 0.6 is 0 Å². The first-order valence-electron chi connectivity index (χ1n) is 3.18. The summed E-state index contributed by atoms with van der Waals surface area (Å²) in [7, 11) is 0. The molecule has 1 rings (SSSR count). The monoisotopic (exact) mass is 150 g/mol. The second-order valence-corrected chi connectivity index (χ2v) is 2.03. The summed E-state index contributed by atoms with van der Waals surface area (Å²) in [6.07, 6.45) is 8.03. The average Bonchev–Trinajstić information content (AvgIpc) is 2.52. The third-order valence-electron chi connectivity index (χ3n) is 1.27. The molecule has 0 fully saturated rings. The molecule has 0 unspecified atom stereocenters. The summed E-state index contributed by atoms with van der Waals surface area (Å²) >= 11 is 0. The molecule has 0 amide bonds. The molecule has 4 heteroatoms. The van der Waals surface area contributed by atoms with Crippen molar-refractivity contribution in [3.8, 4) is 0 Å². The molecule has 0 atom stereocenters. The van der Waals surface area contributed by atoms with Gasteiger partial charge in [-0.25, -0.2) is 9.56 Å². The Balaban J connectivity index is 2.62. The fourth-order valence-electron chi connectivity index (χ4n) is 0.703. The maximum Gasteiger partial charge on any atom is 0.236 e. The van der Waals surface area contributed by atoms with Crippen LogP contribution in [-0.2, 0) is 6.67 Å². The van der Waals surface area contributed by atoms with E-state index in [1.54, 1.807) is 17.1 Å². The van der Waals surface area contributed by atoms with Crippen molar-refractivity contribution in [2.75, 3.05) is 0 Å². The number of rotatable bonds is 3. The molecule has 0 aromatic carbocycles. The van der Waals surface area contributed by atoms with Crippen LogP contribution in [0.4, 0.5) is 0 Å². The molecule has 0 spiro atoms. The Morgan fingerprint density at radius 2 is 2.55 bits per heavy atom. The van der Waals surface area contributed by atoms with Gasteiger partial charge < -0.3 is 4.57 Å². The van der Waals surface area contributed by atoms with E-state index in [4.69, 9.17) is 12.3 Å². The average molecular weight is 150 g/mol. The molecule has 0 bridgehead atoms. The Hall–Kier alpha value is -1.58. The first-order chi connectivity index (χ1) is 5.36. The molecule has 1 aromatic rings. The lowest BCUT2D eigenvalue weighted by Gasteiger charge is -1.99. The lowest BCUT2D eigenvalue weighted by atomic mass is 10.8. The predicted molar refractivity (Wildman–Crippen MR) is 41.6 cm³/mol. The van der Waals surface area contributed by atoms with E-state index in [1.807, 2.05) is 10.8 Å². The molecule has 1 radical (unpaired) electrons. The van der Waals surface area contributed by atoms with Crippen LogP contribution in [0.3, 0.4) is 0 Å². The largest absolute Gasteiger partial charge is 0.300 e. The van der Waals surface area contributed by atoms with Crippen LogP contribution in [0.5, 0.6) is 0 Å². The standard InChI is InChI=1S/C7H9N4/c1-2-10(5-8)7-11-4-3-9-6-11/h1-6,8H,7H2/p+1. The van der Waals surface area contributed by atoms with Gasteiger partial charge in [-0.1, -0.05) is 0 Å². The SMILES string of the molecule is [CH]=C/[N+](=C\N)Cn1ccnc1. The van der Waals surface area contributed by atoms with E-state index >= 15 is 0 Å². The number of aromatic nitrogens is 2. The van der Waals surface area contributed by atoms with Crippen molar-refractivity contribution in [1.82, 2.24) is 9.55 Å². The van der Waals surface area contributed by atoms with Gasteiger partial charge in [0.05, 0.1) is 12.5 Å². The maximum absolute atomic E-state index is 5.26. The van der Waals surface area contributed by atoms with Crippen molar-refractivity contribution >= 4 is 6.34 Å². The van der Waals surface area contributed by atoms with Crippen molar-refractivity contribution in [2.45, 2.75) is 6.67 Å². The minimum atomic E-state index is 0.590. The fourth-order valence-corrected chi connectivity index (χ4v) is 0.703. The molecular weight excluding hydrogens is 140 g/mol. The summed E-state index contributed by atoms with van der Waals surface area (Å²) < 4.78 is 3.49. The van der Waals surface area contributed by atoms with Gasteiger partial charge in [0.1, 0.15) is 0 Å². The normalized spacial score (nSPS) is 11.5. The smallest absolute Gasteiger partial charge is 0.236 e. The second-order valence-electron chi connectivity index (χ2n) is 2.03. The van der Waals surface area contributed by atoms with E-state index < -0.39 is 0 Å². The molecule has 2 N–H and O–H groups in total. The van der Waals surface area contributed by atoms with Crippen molar-refractivity contribution in [3.63, 3.8) is 0 Å². The van der Waals surface area contributed by atoms with Gasteiger partial charge in [-0.2, -0.15) is 0 Å². The Morgan fingerprint density at radius 3 is 3.00 bits per heavy atom. The number of imidazole rings is 1. The maximum atomic E-state index is 5.26. The third kappa shape index (κ3) is 1.93. The summed E-state index contributed by atoms with van der Waals surface area (Å²) in [6, 6.07) is 0. The minimum absolute atomic E-state index is 0.590. The van der Waals surface area contributed by atoms with E-state index in [1.165, 1.54) is 12.5 Å². The first kappa shape index (κ1) is 7.53. The number of hydrogen-bond donors (Lipinski definition) is 1. The highest BCUT2D eigenvalue weighted by Gasteiger charge is 1.92. The Kier molecular flexibility index (Phi) is 2.43. The summed E-state index contributed by atoms with van der Waals surface area (Å²) in [5.41, 5.74) is 5.26. The van der Waals surface area contributed by atoms with Crippen molar-refractivity contribution in [1.29, 1.82) is 0 Å². The highest BCUT2D eigenvalue weighted by atomic mass is 15.2. The van der Waals surface area contributed by atoms with Crippen LogP contribution in [-0.4, -0.2) is 20.5 Å². The quantitative estimate of drug-likeness (QED) is 0.368. The van der Waals surface area contributed by atoms with E-state index in [9.17, 15) is 0 Å². The van der Waals surface area contributed by atoms with Crippen LogP contribution in [0.15, 0.2) is 24.9 Å². The highest BCUT2D eigenvalue weighted by Crippen LogP contribution is 1.85.